The summed E-state index contributed by atoms with van der Waals surface area (Å²) in [5, 5.41) is 5.45. The molecule has 0 saturated carbocycles. The van der Waals surface area contributed by atoms with Crippen molar-refractivity contribution in [3.63, 3.8) is 0 Å². The Hall–Kier alpha value is -3.03. The third kappa shape index (κ3) is 6.23. The van der Waals surface area contributed by atoms with E-state index in [0.29, 0.717) is 0 Å². The van der Waals surface area contributed by atoms with Gasteiger partial charge < -0.3 is 14.9 Å². The van der Waals surface area contributed by atoms with E-state index in [1.54, 1.807) is 0 Å². The summed E-state index contributed by atoms with van der Waals surface area (Å²) in [6.07, 6.45) is 4.59. The molecular formula is C43H48Hf. The van der Waals surface area contributed by atoms with Crippen LogP contribution in [0, 0.1) is 42.5 Å². The molecular weight excluding hydrogens is 695 g/mol. The van der Waals surface area contributed by atoms with Crippen molar-refractivity contribution in [2.75, 3.05) is 0 Å². The maximum absolute atomic E-state index is 2.53. The maximum Gasteiger partial charge on any atom is 4.00 e. The van der Waals surface area contributed by atoms with Gasteiger partial charge in [0.25, 0.3) is 0 Å². The van der Waals surface area contributed by atoms with Gasteiger partial charge in [-0.25, -0.2) is 0 Å². The van der Waals surface area contributed by atoms with Gasteiger partial charge in [0.05, 0.1) is 0 Å². The Labute approximate surface area is 286 Å². The van der Waals surface area contributed by atoms with Crippen LogP contribution >= 0.6 is 0 Å². The van der Waals surface area contributed by atoms with E-state index in [9.17, 15) is 0 Å². The molecule has 0 radical (unpaired) electrons. The van der Waals surface area contributed by atoms with Crippen LogP contribution in [0.1, 0.15) is 72.9 Å². The molecule has 224 valence electrons. The zero-order chi connectivity index (χ0) is 28.7. The molecule has 6 aromatic carbocycles. The minimum absolute atomic E-state index is 0. The third-order valence-electron chi connectivity index (χ3n) is 9.33. The Morgan fingerprint density at radius 3 is 1.32 bits per heavy atom. The summed E-state index contributed by atoms with van der Waals surface area (Å²) in [7, 11) is 0. The van der Waals surface area contributed by atoms with E-state index in [4.69, 9.17) is 0 Å². The topological polar surface area (TPSA) is 0 Å². The normalized spacial score (nSPS) is 11.2. The van der Waals surface area contributed by atoms with Crippen LogP contribution in [0.2, 0.25) is 0 Å². The predicted molar refractivity (Wildman–Crippen MR) is 192 cm³/mol. The van der Waals surface area contributed by atoms with E-state index in [1.807, 2.05) is 0 Å². The van der Waals surface area contributed by atoms with Gasteiger partial charge in [-0.15, -0.1) is 69.1 Å². The predicted octanol–water partition coefficient (Wildman–Crippen LogP) is 12.8. The molecule has 0 saturated heterocycles. The molecule has 0 aliphatic heterocycles. The van der Waals surface area contributed by atoms with Crippen molar-refractivity contribution in [2.24, 2.45) is 0 Å². The van der Waals surface area contributed by atoms with Crippen molar-refractivity contribution in [1.82, 2.24) is 0 Å². The summed E-state index contributed by atoms with van der Waals surface area (Å²) < 4.78 is 0. The van der Waals surface area contributed by atoms with Gasteiger partial charge in [0.1, 0.15) is 0 Å². The second-order valence-corrected chi connectivity index (χ2v) is 12.3. The second-order valence-electron chi connectivity index (χ2n) is 12.3. The SMILES string of the molecule is CCCC(CCC)(c1cc2c(-c3cc(C)ccc3C)cccc2[cH-]1)c1cc2c(-c3cc(C)ccc3C)cccc2[cH-]1.[CH3-].[CH3-].[Hf+4]. The molecule has 6 rings (SSSR count). The number of hydrogen-bond donors (Lipinski definition) is 0. The van der Waals surface area contributed by atoms with Crippen molar-refractivity contribution < 1.29 is 25.8 Å². The summed E-state index contributed by atoms with van der Waals surface area (Å²) in [5.41, 5.74) is 13.6. The summed E-state index contributed by atoms with van der Waals surface area (Å²) >= 11 is 0. The Morgan fingerprint density at radius 2 is 0.932 bits per heavy atom. The fourth-order valence-electron chi connectivity index (χ4n) is 7.27. The van der Waals surface area contributed by atoms with Crippen LogP contribution in [0.4, 0.5) is 0 Å². The van der Waals surface area contributed by atoms with Crippen LogP contribution < -0.4 is 0 Å². The Balaban J connectivity index is 0.00000176. The molecule has 0 unspecified atom stereocenters. The first-order valence-corrected chi connectivity index (χ1v) is 15.4. The molecule has 0 nitrogen and oxygen atoms in total. The van der Waals surface area contributed by atoms with E-state index in [2.05, 4.69) is 139 Å². The van der Waals surface area contributed by atoms with Gasteiger partial charge in [-0.2, -0.15) is 12.1 Å². The van der Waals surface area contributed by atoms with E-state index in [-0.39, 0.29) is 46.1 Å². The molecule has 0 bridgehead atoms. The monoisotopic (exact) mass is 744 g/mol. The molecule has 0 aromatic heterocycles. The summed E-state index contributed by atoms with van der Waals surface area (Å²) in [4.78, 5) is 0. The van der Waals surface area contributed by atoms with E-state index in [1.165, 1.54) is 77.2 Å². The van der Waals surface area contributed by atoms with Crippen LogP contribution in [0.5, 0.6) is 0 Å². The molecule has 0 amide bonds. The number of benzene rings is 4. The molecule has 0 heterocycles. The minimum atomic E-state index is -0.0145. The van der Waals surface area contributed by atoms with E-state index >= 15 is 0 Å². The zero-order valence-electron chi connectivity index (χ0n) is 28.1. The van der Waals surface area contributed by atoms with Gasteiger partial charge in [-0.05, 0) is 68.2 Å². The van der Waals surface area contributed by atoms with Crippen molar-refractivity contribution in [1.29, 1.82) is 0 Å². The van der Waals surface area contributed by atoms with Crippen LogP contribution in [0.15, 0.2) is 97.1 Å². The van der Waals surface area contributed by atoms with Gasteiger partial charge >= 0.3 is 25.8 Å². The quantitative estimate of drug-likeness (QED) is 0.108. The van der Waals surface area contributed by atoms with Gasteiger partial charge in [0.15, 0.2) is 0 Å². The van der Waals surface area contributed by atoms with Crippen LogP contribution in [-0.4, -0.2) is 0 Å². The second kappa shape index (κ2) is 14.4. The standard InChI is InChI=1S/C41H42.2CH3.Hf/c1-7-19-41(20-8-2,33-23-31-11-9-13-35(39(31)25-33)37-21-27(3)15-17-29(37)5)34-24-32-12-10-14-36(40(32)26-34)38-22-28(4)16-18-30(38)6;;;/h9-18,21-26H,7-8,19-20H2,1-6H3;2*1H3;/q-2;2*-1;+4. The molecule has 0 spiro atoms. The van der Waals surface area contributed by atoms with Crippen LogP contribution in [0.25, 0.3) is 43.8 Å². The first-order chi connectivity index (χ1) is 19.8. The van der Waals surface area contributed by atoms with Crippen molar-refractivity contribution >= 4 is 21.5 Å². The maximum atomic E-state index is 2.53. The average Bonchev–Trinajstić information content (AvgIpc) is 3.61. The zero-order valence-corrected chi connectivity index (χ0v) is 31.7. The van der Waals surface area contributed by atoms with Crippen molar-refractivity contribution in [2.45, 2.75) is 72.6 Å². The molecule has 44 heavy (non-hydrogen) atoms. The average molecular weight is 743 g/mol. The number of rotatable bonds is 8. The van der Waals surface area contributed by atoms with E-state index in [0.717, 1.165) is 25.7 Å². The molecule has 1 heteroatoms. The number of hydrogen-bond acceptors (Lipinski definition) is 0. The fraction of sp³-hybridized carbons (Fsp3) is 0.256. The number of aryl methyl sites for hydroxylation is 4. The minimum Gasteiger partial charge on any atom is -0.358 e. The molecule has 0 atom stereocenters. The van der Waals surface area contributed by atoms with Crippen molar-refractivity contribution in [3.05, 3.63) is 145 Å². The van der Waals surface area contributed by atoms with Gasteiger partial charge in [-0.1, -0.05) is 97.5 Å². The Kier molecular flexibility index (Phi) is 11.6. The smallest absolute Gasteiger partial charge is 0.358 e. The third-order valence-corrected chi connectivity index (χ3v) is 9.33. The fourth-order valence-corrected chi connectivity index (χ4v) is 7.27. The Morgan fingerprint density at radius 1 is 0.523 bits per heavy atom. The molecule has 0 fully saturated rings. The number of fused-ring (bicyclic) bond motifs is 2. The molecule has 0 aliphatic carbocycles. The molecule has 0 N–H and O–H groups in total. The van der Waals surface area contributed by atoms with E-state index < -0.39 is 0 Å². The summed E-state index contributed by atoms with van der Waals surface area (Å²) in [6, 6.07) is 37.4. The van der Waals surface area contributed by atoms with Crippen molar-refractivity contribution in [3.8, 4) is 22.3 Å². The molecule has 6 aromatic rings. The van der Waals surface area contributed by atoms with Gasteiger partial charge in [0.2, 0.25) is 0 Å². The first-order valence-electron chi connectivity index (χ1n) is 15.4. The van der Waals surface area contributed by atoms with Crippen LogP contribution in [-0.2, 0) is 31.3 Å². The summed E-state index contributed by atoms with van der Waals surface area (Å²) in [5.74, 6) is 0. The van der Waals surface area contributed by atoms with Gasteiger partial charge in [-0.3, -0.25) is 0 Å². The Bertz CT molecular complexity index is 1720. The molecule has 0 aliphatic rings. The van der Waals surface area contributed by atoms with Gasteiger partial charge in [0, 0.05) is 0 Å². The van der Waals surface area contributed by atoms with Crippen LogP contribution in [0.3, 0.4) is 0 Å². The summed E-state index contributed by atoms with van der Waals surface area (Å²) in [6.45, 7) is 13.6. The largest absolute Gasteiger partial charge is 4.00 e. The first kappa shape index (κ1) is 35.4.